The maximum atomic E-state index is 12.0. The van der Waals surface area contributed by atoms with Gasteiger partial charge in [0.25, 0.3) is 0 Å². The zero-order valence-electron chi connectivity index (χ0n) is 12.1. The van der Waals surface area contributed by atoms with Crippen LogP contribution in [0.1, 0.15) is 6.42 Å². The second-order valence-corrected chi connectivity index (χ2v) is 4.95. The summed E-state index contributed by atoms with van der Waals surface area (Å²) in [5.41, 5.74) is 1.20. The molecule has 1 fully saturated rings. The van der Waals surface area contributed by atoms with Crippen LogP contribution in [0.15, 0.2) is 43.0 Å². The molecule has 5 heteroatoms. The van der Waals surface area contributed by atoms with Crippen molar-refractivity contribution >= 4 is 17.5 Å². The van der Waals surface area contributed by atoms with E-state index in [1.54, 1.807) is 0 Å². The number of nitrogens with zero attached hydrogens (tertiary/aromatic N) is 2. The predicted molar refractivity (Wildman–Crippen MR) is 83.1 cm³/mol. The summed E-state index contributed by atoms with van der Waals surface area (Å²) in [5, 5.41) is 2.62. The largest absolute Gasteiger partial charge is 0.368 e. The van der Waals surface area contributed by atoms with Crippen molar-refractivity contribution < 1.29 is 9.59 Å². The average molecular weight is 287 g/mol. The minimum absolute atomic E-state index is 0.0899. The fourth-order valence-electron chi connectivity index (χ4n) is 2.38. The first-order valence-electron chi connectivity index (χ1n) is 7.19. The highest BCUT2D eigenvalue weighted by atomic mass is 16.2. The standard InChI is InChI=1S/C16H21N3O2/c1-2-15(20)17-9-8-16(21)19-12-10-18(11-13-19)14-6-4-3-5-7-14/h2-7H,1,8-13H2,(H,17,20). The summed E-state index contributed by atoms with van der Waals surface area (Å²) < 4.78 is 0. The Morgan fingerprint density at radius 2 is 1.81 bits per heavy atom. The maximum Gasteiger partial charge on any atom is 0.243 e. The second kappa shape index (κ2) is 7.47. The van der Waals surface area contributed by atoms with Crippen LogP contribution in [0, 0.1) is 0 Å². The number of carbonyl (C=O) groups is 2. The molecule has 1 heterocycles. The lowest BCUT2D eigenvalue weighted by Crippen LogP contribution is -2.49. The van der Waals surface area contributed by atoms with E-state index in [0.717, 1.165) is 26.2 Å². The molecule has 0 unspecified atom stereocenters. The first kappa shape index (κ1) is 15.1. The molecule has 1 aliphatic rings. The zero-order chi connectivity index (χ0) is 15.1. The molecule has 1 aromatic rings. The Morgan fingerprint density at radius 1 is 1.14 bits per heavy atom. The summed E-state index contributed by atoms with van der Waals surface area (Å²) in [6, 6.07) is 10.2. The topological polar surface area (TPSA) is 52.7 Å². The Bertz CT molecular complexity index is 494. The minimum Gasteiger partial charge on any atom is -0.368 e. The summed E-state index contributed by atoms with van der Waals surface area (Å²) in [7, 11) is 0. The van der Waals surface area contributed by atoms with E-state index in [-0.39, 0.29) is 11.8 Å². The number of benzene rings is 1. The molecule has 0 spiro atoms. The summed E-state index contributed by atoms with van der Waals surface area (Å²) in [6.07, 6.45) is 1.55. The lowest BCUT2D eigenvalue weighted by molar-refractivity contribution is -0.131. The van der Waals surface area contributed by atoms with Crippen molar-refractivity contribution in [1.29, 1.82) is 0 Å². The van der Waals surface area contributed by atoms with Gasteiger partial charge in [0.2, 0.25) is 11.8 Å². The van der Waals surface area contributed by atoms with Gasteiger partial charge in [0.15, 0.2) is 0 Å². The zero-order valence-corrected chi connectivity index (χ0v) is 12.1. The van der Waals surface area contributed by atoms with Gasteiger partial charge in [0.1, 0.15) is 0 Å². The van der Waals surface area contributed by atoms with E-state index < -0.39 is 0 Å². The van der Waals surface area contributed by atoms with E-state index in [2.05, 4.69) is 28.9 Å². The van der Waals surface area contributed by atoms with E-state index in [0.29, 0.717) is 13.0 Å². The smallest absolute Gasteiger partial charge is 0.243 e. The van der Waals surface area contributed by atoms with Crippen LogP contribution in [0.3, 0.4) is 0 Å². The number of amides is 2. The van der Waals surface area contributed by atoms with Gasteiger partial charge in [-0.15, -0.1) is 0 Å². The lowest BCUT2D eigenvalue weighted by atomic mass is 10.2. The van der Waals surface area contributed by atoms with E-state index in [4.69, 9.17) is 0 Å². The number of hydrogen-bond acceptors (Lipinski definition) is 3. The number of nitrogens with one attached hydrogen (secondary N) is 1. The molecule has 0 aromatic heterocycles. The van der Waals surface area contributed by atoms with Gasteiger partial charge in [0.05, 0.1) is 0 Å². The van der Waals surface area contributed by atoms with Gasteiger partial charge in [-0.05, 0) is 18.2 Å². The van der Waals surface area contributed by atoms with Crippen molar-refractivity contribution in [3.63, 3.8) is 0 Å². The SMILES string of the molecule is C=CC(=O)NCCC(=O)N1CCN(c2ccccc2)CC1. The molecule has 1 saturated heterocycles. The van der Waals surface area contributed by atoms with Crippen molar-refractivity contribution in [1.82, 2.24) is 10.2 Å². The molecule has 0 saturated carbocycles. The first-order chi connectivity index (χ1) is 10.2. The molecule has 0 radical (unpaired) electrons. The van der Waals surface area contributed by atoms with Crippen LogP contribution >= 0.6 is 0 Å². The number of rotatable bonds is 5. The lowest BCUT2D eigenvalue weighted by Gasteiger charge is -2.36. The third-order valence-corrected chi connectivity index (χ3v) is 3.58. The van der Waals surface area contributed by atoms with Gasteiger partial charge in [-0.3, -0.25) is 9.59 Å². The Hall–Kier alpha value is -2.30. The summed E-state index contributed by atoms with van der Waals surface area (Å²) >= 11 is 0. The molecule has 5 nitrogen and oxygen atoms in total. The molecule has 112 valence electrons. The summed E-state index contributed by atoms with van der Waals surface area (Å²) in [5.74, 6) is -0.149. The second-order valence-electron chi connectivity index (χ2n) is 4.95. The van der Waals surface area contributed by atoms with Gasteiger partial charge in [-0.2, -0.15) is 0 Å². The van der Waals surface area contributed by atoms with Crippen LogP contribution < -0.4 is 10.2 Å². The van der Waals surface area contributed by atoms with Crippen molar-refractivity contribution in [3.8, 4) is 0 Å². The monoisotopic (exact) mass is 287 g/mol. The highest BCUT2D eigenvalue weighted by Crippen LogP contribution is 2.15. The van der Waals surface area contributed by atoms with Crippen LogP contribution in [-0.4, -0.2) is 49.4 Å². The normalized spacial score (nSPS) is 14.7. The molecule has 0 atom stereocenters. The molecular weight excluding hydrogens is 266 g/mol. The van der Waals surface area contributed by atoms with Crippen LogP contribution in [0.4, 0.5) is 5.69 Å². The van der Waals surface area contributed by atoms with Gasteiger partial charge < -0.3 is 15.1 Å². The molecule has 1 aliphatic heterocycles. The fraction of sp³-hybridized carbons (Fsp3) is 0.375. The Balaban J connectivity index is 1.74. The van der Waals surface area contributed by atoms with E-state index in [1.165, 1.54) is 11.8 Å². The van der Waals surface area contributed by atoms with Gasteiger partial charge in [0, 0.05) is 44.8 Å². The maximum absolute atomic E-state index is 12.0. The molecular formula is C16H21N3O2. The predicted octanol–water partition coefficient (Wildman–Crippen LogP) is 1.03. The Kier molecular flexibility index (Phi) is 5.37. The number of anilines is 1. The van der Waals surface area contributed by atoms with Gasteiger partial charge >= 0.3 is 0 Å². The summed E-state index contributed by atoms with van der Waals surface area (Å²) in [6.45, 7) is 6.87. The molecule has 1 N–H and O–H groups in total. The number of carbonyl (C=O) groups excluding carboxylic acids is 2. The Labute approximate surface area is 125 Å². The molecule has 2 amide bonds. The van der Waals surface area contributed by atoms with Crippen LogP contribution in [0.25, 0.3) is 0 Å². The summed E-state index contributed by atoms with van der Waals surface area (Å²) in [4.78, 5) is 27.2. The average Bonchev–Trinajstić information content (AvgIpc) is 2.55. The van der Waals surface area contributed by atoms with Crippen LogP contribution in [0.5, 0.6) is 0 Å². The van der Waals surface area contributed by atoms with Crippen LogP contribution in [-0.2, 0) is 9.59 Å². The van der Waals surface area contributed by atoms with Gasteiger partial charge in [-0.1, -0.05) is 24.8 Å². The minimum atomic E-state index is -0.239. The molecule has 2 rings (SSSR count). The highest BCUT2D eigenvalue weighted by Gasteiger charge is 2.20. The quantitative estimate of drug-likeness (QED) is 0.823. The molecule has 0 bridgehead atoms. The number of piperazine rings is 1. The third-order valence-electron chi connectivity index (χ3n) is 3.58. The van der Waals surface area contributed by atoms with Crippen molar-refractivity contribution in [3.05, 3.63) is 43.0 Å². The van der Waals surface area contributed by atoms with Crippen LogP contribution in [0.2, 0.25) is 0 Å². The number of hydrogen-bond donors (Lipinski definition) is 1. The van der Waals surface area contributed by atoms with E-state index in [1.807, 2.05) is 23.1 Å². The third kappa shape index (κ3) is 4.34. The van der Waals surface area contributed by atoms with Gasteiger partial charge in [-0.25, -0.2) is 0 Å². The van der Waals surface area contributed by atoms with E-state index >= 15 is 0 Å². The highest BCUT2D eigenvalue weighted by molar-refractivity contribution is 5.87. The Morgan fingerprint density at radius 3 is 2.43 bits per heavy atom. The number of para-hydroxylation sites is 1. The molecule has 0 aliphatic carbocycles. The van der Waals surface area contributed by atoms with Crippen molar-refractivity contribution in [2.24, 2.45) is 0 Å². The van der Waals surface area contributed by atoms with E-state index in [9.17, 15) is 9.59 Å². The van der Waals surface area contributed by atoms with Crippen molar-refractivity contribution in [2.45, 2.75) is 6.42 Å². The molecule has 1 aromatic carbocycles. The van der Waals surface area contributed by atoms with Crippen molar-refractivity contribution in [2.75, 3.05) is 37.6 Å². The first-order valence-corrected chi connectivity index (χ1v) is 7.19. The molecule has 21 heavy (non-hydrogen) atoms. The fourth-order valence-corrected chi connectivity index (χ4v) is 2.38.